The van der Waals surface area contributed by atoms with E-state index in [1.54, 1.807) is 0 Å². The van der Waals surface area contributed by atoms with Crippen LogP contribution in [0.4, 0.5) is 0 Å². The van der Waals surface area contributed by atoms with Crippen molar-refractivity contribution in [1.29, 1.82) is 0 Å². The third kappa shape index (κ3) is 2.21. The Balaban J connectivity index is 2.46. The van der Waals surface area contributed by atoms with Crippen molar-refractivity contribution in [1.82, 2.24) is 0 Å². The quantitative estimate of drug-likeness (QED) is 0.560. The van der Waals surface area contributed by atoms with Gasteiger partial charge in [0, 0.05) is 19.3 Å². The maximum absolute atomic E-state index is 10.7. The standard InChI is InChI=1S/C9H16O3/c1-6-7(2)11-5-4-9(6)12-8(3)10/h6-7,9H,4-5H2,1-3H3. The van der Waals surface area contributed by atoms with Crippen LogP contribution in [0.25, 0.3) is 0 Å². The number of esters is 1. The molecule has 1 saturated heterocycles. The molecule has 1 aliphatic rings. The van der Waals surface area contributed by atoms with Gasteiger partial charge in [0.15, 0.2) is 0 Å². The summed E-state index contributed by atoms with van der Waals surface area (Å²) in [5.41, 5.74) is 0. The van der Waals surface area contributed by atoms with Crippen molar-refractivity contribution < 1.29 is 14.3 Å². The molecule has 0 amide bonds. The number of ether oxygens (including phenoxy) is 2. The summed E-state index contributed by atoms with van der Waals surface area (Å²) in [6, 6.07) is 0. The van der Waals surface area contributed by atoms with Gasteiger partial charge in [-0.05, 0) is 6.92 Å². The number of carbonyl (C=O) groups excluding carboxylic acids is 1. The molecule has 0 spiro atoms. The van der Waals surface area contributed by atoms with Gasteiger partial charge in [0.1, 0.15) is 6.10 Å². The van der Waals surface area contributed by atoms with Crippen LogP contribution in [0.3, 0.4) is 0 Å². The molecule has 3 heteroatoms. The molecule has 0 aliphatic carbocycles. The van der Waals surface area contributed by atoms with Gasteiger partial charge in [0.05, 0.1) is 12.7 Å². The van der Waals surface area contributed by atoms with Gasteiger partial charge in [-0.1, -0.05) is 6.92 Å². The first kappa shape index (κ1) is 9.52. The van der Waals surface area contributed by atoms with E-state index in [-0.39, 0.29) is 18.2 Å². The lowest BCUT2D eigenvalue weighted by molar-refractivity contribution is -0.159. The molecule has 3 unspecified atom stereocenters. The van der Waals surface area contributed by atoms with Crippen LogP contribution in [0.1, 0.15) is 27.2 Å². The number of hydrogen-bond acceptors (Lipinski definition) is 3. The van der Waals surface area contributed by atoms with Crippen molar-refractivity contribution in [3.63, 3.8) is 0 Å². The molecule has 0 aromatic heterocycles. The van der Waals surface area contributed by atoms with E-state index >= 15 is 0 Å². The lowest BCUT2D eigenvalue weighted by atomic mass is 9.94. The highest BCUT2D eigenvalue weighted by Crippen LogP contribution is 2.23. The lowest BCUT2D eigenvalue weighted by Gasteiger charge is -2.33. The molecule has 0 bridgehead atoms. The average Bonchev–Trinajstić information content (AvgIpc) is 1.98. The smallest absolute Gasteiger partial charge is 0.302 e. The van der Waals surface area contributed by atoms with E-state index in [1.165, 1.54) is 6.92 Å². The molecular weight excluding hydrogens is 156 g/mol. The molecule has 0 N–H and O–H groups in total. The Morgan fingerprint density at radius 1 is 1.50 bits per heavy atom. The predicted molar refractivity (Wildman–Crippen MR) is 44.7 cm³/mol. The first-order chi connectivity index (χ1) is 5.61. The zero-order valence-electron chi connectivity index (χ0n) is 7.87. The van der Waals surface area contributed by atoms with Crippen LogP contribution in [0.15, 0.2) is 0 Å². The Morgan fingerprint density at radius 2 is 2.17 bits per heavy atom. The monoisotopic (exact) mass is 172 g/mol. The summed E-state index contributed by atoms with van der Waals surface area (Å²) in [7, 11) is 0. The van der Waals surface area contributed by atoms with Crippen molar-refractivity contribution in [2.45, 2.75) is 39.4 Å². The van der Waals surface area contributed by atoms with Crippen LogP contribution in [0.2, 0.25) is 0 Å². The molecule has 70 valence electrons. The summed E-state index contributed by atoms with van der Waals surface area (Å²) in [4.78, 5) is 10.7. The fraction of sp³-hybridized carbons (Fsp3) is 0.889. The average molecular weight is 172 g/mol. The Hall–Kier alpha value is -0.570. The summed E-state index contributed by atoms with van der Waals surface area (Å²) in [6.07, 6.45) is 1.07. The first-order valence-electron chi connectivity index (χ1n) is 4.40. The van der Waals surface area contributed by atoms with Crippen molar-refractivity contribution in [2.24, 2.45) is 5.92 Å². The highest BCUT2D eigenvalue weighted by atomic mass is 16.6. The van der Waals surface area contributed by atoms with Gasteiger partial charge in [-0.25, -0.2) is 0 Å². The Kier molecular flexibility index (Phi) is 3.09. The number of rotatable bonds is 1. The Morgan fingerprint density at radius 3 is 2.75 bits per heavy atom. The predicted octanol–water partition coefficient (Wildman–Crippen LogP) is 1.36. The van der Waals surface area contributed by atoms with E-state index in [2.05, 4.69) is 6.92 Å². The molecule has 0 saturated carbocycles. The summed E-state index contributed by atoms with van der Waals surface area (Å²) in [5.74, 6) is 0.114. The fourth-order valence-corrected chi connectivity index (χ4v) is 1.47. The zero-order valence-corrected chi connectivity index (χ0v) is 7.87. The first-order valence-corrected chi connectivity index (χ1v) is 4.40. The van der Waals surface area contributed by atoms with Gasteiger partial charge in [-0.15, -0.1) is 0 Å². The molecule has 0 aromatic carbocycles. The minimum Gasteiger partial charge on any atom is -0.462 e. The number of carbonyl (C=O) groups is 1. The van der Waals surface area contributed by atoms with E-state index in [0.29, 0.717) is 12.5 Å². The van der Waals surface area contributed by atoms with Crippen LogP contribution in [0.5, 0.6) is 0 Å². The highest BCUT2D eigenvalue weighted by molar-refractivity contribution is 5.66. The minimum atomic E-state index is -0.194. The van der Waals surface area contributed by atoms with E-state index in [1.807, 2.05) is 6.92 Å². The lowest BCUT2D eigenvalue weighted by Crippen LogP contribution is -2.38. The molecule has 1 rings (SSSR count). The molecule has 1 heterocycles. The van der Waals surface area contributed by atoms with Gasteiger partial charge in [-0.2, -0.15) is 0 Å². The van der Waals surface area contributed by atoms with Crippen molar-refractivity contribution in [3.05, 3.63) is 0 Å². The summed E-state index contributed by atoms with van der Waals surface area (Å²) in [6.45, 7) is 6.22. The van der Waals surface area contributed by atoms with Gasteiger partial charge >= 0.3 is 5.97 Å². The summed E-state index contributed by atoms with van der Waals surface area (Å²) < 4.78 is 10.6. The maximum Gasteiger partial charge on any atom is 0.302 e. The van der Waals surface area contributed by atoms with Crippen molar-refractivity contribution >= 4 is 5.97 Å². The van der Waals surface area contributed by atoms with Gasteiger partial charge in [0.2, 0.25) is 0 Å². The van der Waals surface area contributed by atoms with Gasteiger partial charge < -0.3 is 9.47 Å². The van der Waals surface area contributed by atoms with Gasteiger partial charge in [-0.3, -0.25) is 4.79 Å². The third-order valence-corrected chi connectivity index (χ3v) is 2.43. The topological polar surface area (TPSA) is 35.5 Å². The summed E-state index contributed by atoms with van der Waals surface area (Å²) in [5, 5.41) is 0. The second-order valence-electron chi connectivity index (χ2n) is 3.37. The SMILES string of the molecule is CC(=O)OC1CCOC(C)C1C. The highest BCUT2D eigenvalue weighted by Gasteiger charge is 2.29. The molecule has 0 radical (unpaired) electrons. The molecule has 0 aromatic rings. The molecule has 1 aliphatic heterocycles. The van der Waals surface area contributed by atoms with E-state index in [0.717, 1.165) is 6.42 Å². The second kappa shape index (κ2) is 3.90. The second-order valence-corrected chi connectivity index (χ2v) is 3.37. The maximum atomic E-state index is 10.7. The van der Waals surface area contributed by atoms with Crippen LogP contribution in [-0.2, 0) is 14.3 Å². The Labute approximate surface area is 73.0 Å². The molecule has 3 atom stereocenters. The van der Waals surface area contributed by atoms with Crippen molar-refractivity contribution in [3.8, 4) is 0 Å². The normalized spacial score (nSPS) is 36.1. The van der Waals surface area contributed by atoms with Gasteiger partial charge in [0.25, 0.3) is 0 Å². The zero-order chi connectivity index (χ0) is 9.14. The van der Waals surface area contributed by atoms with E-state index in [4.69, 9.17) is 9.47 Å². The van der Waals surface area contributed by atoms with Crippen molar-refractivity contribution in [2.75, 3.05) is 6.61 Å². The van der Waals surface area contributed by atoms with Crippen LogP contribution >= 0.6 is 0 Å². The largest absolute Gasteiger partial charge is 0.462 e. The molecule has 3 nitrogen and oxygen atoms in total. The summed E-state index contributed by atoms with van der Waals surface area (Å²) >= 11 is 0. The molecule has 1 fully saturated rings. The minimum absolute atomic E-state index is 0.0475. The van der Waals surface area contributed by atoms with Crippen LogP contribution in [0, 0.1) is 5.92 Å². The number of hydrogen-bond donors (Lipinski definition) is 0. The van der Waals surface area contributed by atoms with Crippen LogP contribution < -0.4 is 0 Å². The Bertz CT molecular complexity index is 167. The van der Waals surface area contributed by atoms with Crippen LogP contribution in [-0.4, -0.2) is 24.8 Å². The van der Waals surface area contributed by atoms with E-state index in [9.17, 15) is 4.79 Å². The fourth-order valence-electron chi connectivity index (χ4n) is 1.47. The molecular formula is C9H16O3. The van der Waals surface area contributed by atoms with E-state index < -0.39 is 0 Å². The third-order valence-electron chi connectivity index (χ3n) is 2.43. The molecule has 12 heavy (non-hydrogen) atoms.